The highest BCUT2D eigenvalue weighted by molar-refractivity contribution is 5.75. The first-order valence-corrected chi connectivity index (χ1v) is 5.25. The third-order valence-electron chi connectivity index (χ3n) is 2.43. The number of carbonyl (C=O) groups is 1. The SMILES string of the molecule is CC(C)NC(=O)NC1(C)CC=CCC1. The molecule has 0 heterocycles. The summed E-state index contributed by atoms with van der Waals surface area (Å²) in [7, 11) is 0. The molecule has 2 N–H and O–H groups in total. The Morgan fingerprint density at radius 3 is 2.64 bits per heavy atom. The van der Waals surface area contributed by atoms with Gasteiger partial charge in [0.1, 0.15) is 0 Å². The molecule has 2 amide bonds. The molecule has 3 heteroatoms. The van der Waals surface area contributed by atoms with Gasteiger partial charge < -0.3 is 10.6 Å². The van der Waals surface area contributed by atoms with Crippen molar-refractivity contribution in [3.05, 3.63) is 12.2 Å². The Labute approximate surface area is 86.0 Å². The van der Waals surface area contributed by atoms with E-state index in [-0.39, 0.29) is 17.6 Å². The minimum atomic E-state index is -0.0618. The molecule has 1 aliphatic rings. The first kappa shape index (κ1) is 11.1. The lowest BCUT2D eigenvalue weighted by Crippen LogP contribution is -2.51. The van der Waals surface area contributed by atoms with Gasteiger partial charge in [0.2, 0.25) is 0 Å². The fraction of sp³-hybridized carbons (Fsp3) is 0.727. The molecule has 1 rings (SSSR count). The summed E-state index contributed by atoms with van der Waals surface area (Å²) >= 11 is 0. The molecular formula is C11H20N2O. The molecule has 80 valence electrons. The van der Waals surface area contributed by atoms with E-state index in [4.69, 9.17) is 0 Å². The van der Waals surface area contributed by atoms with E-state index in [2.05, 4.69) is 29.7 Å². The first-order chi connectivity index (χ1) is 6.52. The van der Waals surface area contributed by atoms with Gasteiger partial charge in [0, 0.05) is 11.6 Å². The molecule has 1 atom stereocenters. The Morgan fingerprint density at radius 2 is 2.14 bits per heavy atom. The number of hydrogen-bond donors (Lipinski definition) is 2. The van der Waals surface area contributed by atoms with Crippen LogP contribution in [0.15, 0.2) is 12.2 Å². The van der Waals surface area contributed by atoms with Gasteiger partial charge in [-0.3, -0.25) is 0 Å². The topological polar surface area (TPSA) is 41.1 Å². The Morgan fingerprint density at radius 1 is 1.43 bits per heavy atom. The fourth-order valence-electron chi connectivity index (χ4n) is 1.65. The minimum absolute atomic E-state index is 0.0576. The van der Waals surface area contributed by atoms with Crippen LogP contribution in [-0.4, -0.2) is 17.6 Å². The van der Waals surface area contributed by atoms with Gasteiger partial charge in [-0.15, -0.1) is 0 Å². The molecule has 1 unspecified atom stereocenters. The Balaban J connectivity index is 2.42. The Kier molecular flexibility index (Phi) is 3.55. The van der Waals surface area contributed by atoms with Gasteiger partial charge in [0.25, 0.3) is 0 Å². The van der Waals surface area contributed by atoms with Crippen molar-refractivity contribution in [2.24, 2.45) is 0 Å². The van der Waals surface area contributed by atoms with E-state index in [1.165, 1.54) is 0 Å². The van der Waals surface area contributed by atoms with Crippen LogP contribution in [0.1, 0.15) is 40.0 Å². The summed E-state index contributed by atoms with van der Waals surface area (Å²) in [6.45, 7) is 6.02. The van der Waals surface area contributed by atoms with Crippen LogP contribution < -0.4 is 10.6 Å². The second-order valence-electron chi connectivity index (χ2n) is 4.53. The van der Waals surface area contributed by atoms with Gasteiger partial charge in [-0.05, 0) is 40.0 Å². The lowest BCUT2D eigenvalue weighted by atomic mass is 9.88. The standard InChI is InChI=1S/C11H20N2O/c1-9(2)12-10(14)13-11(3)7-5-4-6-8-11/h4-5,9H,6-8H2,1-3H3,(H2,12,13,14). The molecule has 0 radical (unpaired) electrons. The third kappa shape index (κ3) is 3.40. The Bertz CT molecular complexity index is 235. The average molecular weight is 196 g/mol. The van der Waals surface area contributed by atoms with E-state index >= 15 is 0 Å². The molecule has 0 saturated carbocycles. The molecule has 1 aliphatic carbocycles. The monoisotopic (exact) mass is 196 g/mol. The van der Waals surface area contributed by atoms with Gasteiger partial charge in [-0.1, -0.05) is 12.2 Å². The van der Waals surface area contributed by atoms with Crippen molar-refractivity contribution in [3.8, 4) is 0 Å². The maximum Gasteiger partial charge on any atom is 0.315 e. The van der Waals surface area contributed by atoms with E-state index in [9.17, 15) is 4.79 Å². The number of urea groups is 1. The predicted octanol–water partition coefficient (Wildman–Crippen LogP) is 2.19. The average Bonchev–Trinajstić information content (AvgIpc) is 2.02. The van der Waals surface area contributed by atoms with Crippen molar-refractivity contribution in [1.29, 1.82) is 0 Å². The zero-order valence-electron chi connectivity index (χ0n) is 9.26. The zero-order valence-corrected chi connectivity index (χ0v) is 9.26. The maximum absolute atomic E-state index is 11.5. The molecule has 0 aromatic rings. The van der Waals surface area contributed by atoms with Gasteiger partial charge in [-0.25, -0.2) is 4.79 Å². The summed E-state index contributed by atoms with van der Waals surface area (Å²) in [4.78, 5) is 11.5. The molecule has 0 aromatic carbocycles. The molecule has 0 saturated heterocycles. The van der Waals surface area contributed by atoms with Crippen molar-refractivity contribution < 1.29 is 4.79 Å². The third-order valence-corrected chi connectivity index (χ3v) is 2.43. The van der Waals surface area contributed by atoms with Crippen LogP contribution in [0, 0.1) is 0 Å². The molecule has 0 bridgehead atoms. The molecular weight excluding hydrogens is 176 g/mol. The van der Waals surface area contributed by atoms with Crippen LogP contribution >= 0.6 is 0 Å². The van der Waals surface area contributed by atoms with Crippen LogP contribution in [-0.2, 0) is 0 Å². The highest BCUT2D eigenvalue weighted by atomic mass is 16.2. The highest BCUT2D eigenvalue weighted by Crippen LogP contribution is 2.22. The number of hydrogen-bond acceptors (Lipinski definition) is 1. The van der Waals surface area contributed by atoms with Gasteiger partial charge >= 0.3 is 6.03 Å². The van der Waals surface area contributed by atoms with Crippen LogP contribution in [0.5, 0.6) is 0 Å². The molecule has 0 fully saturated rings. The number of amides is 2. The normalized spacial score (nSPS) is 26.3. The van der Waals surface area contributed by atoms with Crippen molar-refractivity contribution in [1.82, 2.24) is 10.6 Å². The molecule has 0 aromatic heterocycles. The molecule has 14 heavy (non-hydrogen) atoms. The molecule has 0 spiro atoms. The van der Waals surface area contributed by atoms with Gasteiger partial charge in [-0.2, -0.15) is 0 Å². The van der Waals surface area contributed by atoms with Crippen LogP contribution in [0.4, 0.5) is 4.79 Å². The van der Waals surface area contributed by atoms with E-state index in [0.29, 0.717) is 0 Å². The summed E-state index contributed by atoms with van der Waals surface area (Å²) in [5.74, 6) is 0. The summed E-state index contributed by atoms with van der Waals surface area (Å²) in [6, 6.07) is 0.135. The van der Waals surface area contributed by atoms with E-state index < -0.39 is 0 Å². The summed E-state index contributed by atoms with van der Waals surface area (Å²) in [6.07, 6.45) is 7.31. The molecule has 3 nitrogen and oxygen atoms in total. The van der Waals surface area contributed by atoms with Crippen molar-refractivity contribution in [3.63, 3.8) is 0 Å². The second kappa shape index (κ2) is 4.49. The smallest absolute Gasteiger partial charge is 0.315 e. The zero-order chi connectivity index (χ0) is 10.6. The van der Waals surface area contributed by atoms with Crippen molar-refractivity contribution in [2.45, 2.75) is 51.6 Å². The summed E-state index contributed by atoms with van der Waals surface area (Å²) in [5.41, 5.74) is -0.0618. The number of nitrogens with one attached hydrogen (secondary N) is 2. The largest absolute Gasteiger partial charge is 0.336 e. The van der Waals surface area contributed by atoms with Gasteiger partial charge in [0.15, 0.2) is 0 Å². The predicted molar refractivity (Wildman–Crippen MR) is 58.2 cm³/mol. The summed E-state index contributed by atoms with van der Waals surface area (Å²) < 4.78 is 0. The fourth-order valence-corrected chi connectivity index (χ4v) is 1.65. The maximum atomic E-state index is 11.5. The van der Waals surface area contributed by atoms with Crippen molar-refractivity contribution >= 4 is 6.03 Å². The van der Waals surface area contributed by atoms with E-state index in [0.717, 1.165) is 19.3 Å². The quantitative estimate of drug-likeness (QED) is 0.653. The lowest BCUT2D eigenvalue weighted by Gasteiger charge is -2.32. The minimum Gasteiger partial charge on any atom is -0.336 e. The summed E-state index contributed by atoms with van der Waals surface area (Å²) in [5, 5.41) is 5.87. The first-order valence-electron chi connectivity index (χ1n) is 5.25. The number of allylic oxidation sites excluding steroid dienone is 1. The van der Waals surface area contributed by atoms with Gasteiger partial charge in [0.05, 0.1) is 0 Å². The van der Waals surface area contributed by atoms with E-state index in [1.807, 2.05) is 13.8 Å². The highest BCUT2D eigenvalue weighted by Gasteiger charge is 2.26. The number of rotatable bonds is 2. The van der Waals surface area contributed by atoms with E-state index in [1.54, 1.807) is 0 Å². The van der Waals surface area contributed by atoms with Crippen LogP contribution in [0.25, 0.3) is 0 Å². The van der Waals surface area contributed by atoms with Crippen LogP contribution in [0.2, 0.25) is 0 Å². The number of carbonyl (C=O) groups excluding carboxylic acids is 1. The second-order valence-corrected chi connectivity index (χ2v) is 4.53. The Hall–Kier alpha value is -0.990. The van der Waals surface area contributed by atoms with Crippen LogP contribution in [0.3, 0.4) is 0 Å². The lowest BCUT2D eigenvalue weighted by molar-refractivity contribution is 0.221. The van der Waals surface area contributed by atoms with Crippen molar-refractivity contribution in [2.75, 3.05) is 0 Å². The molecule has 0 aliphatic heterocycles.